The van der Waals surface area contributed by atoms with Crippen molar-refractivity contribution in [3.8, 4) is 0 Å². The first-order chi connectivity index (χ1) is 11.6. The molecule has 2 aromatic rings. The minimum Gasteiger partial charge on any atom is -0.479 e. The van der Waals surface area contributed by atoms with Gasteiger partial charge in [0.25, 0.3) is 0 Å². The van der Waals surface area contributed by atoms with Crippen molar-refractivity contribution in [2.75, 3.05) is 0 Å². The molecule has 0 saturated heterocycles. The highest BCUT2D eigenvalue weighted by atomic mass is 16.5. The maximum Gasteiger partial charge on any atom is 0.333 e. The topological polar surface area (TPSA) is 75.6 Å². The van der Waals surface area contributed by atoms with Crippen molar-refractivity contribution in [1.82, 2.24) is 5.32 Å². The Labute approximate surface area is 141 Å². The molecule has 2 atom stereocenters. The van der Waals surface area contributed by atoms with Gasteiger partial charge in [-0.1, -0.05) is 61.5 Å². The standard InChI is InChI=1S/C19H21NO4/c1-2-14-8-10-16(11-9-14)18(20-13-21)24-17(19(22)23)12-15-6-4-3-5-7-15/h3-11,13,17-18H,2,12H2,1H3,(H,20,21)(H,22,23). The third-order valence-corrected chi connectivity index (χ3v) is 3.75. The molecule has 2 N–H and O–H groups in total. The number of aryl methyl sites for hydroxylation is 1. The Bertz CT molecular complexity index is 655. The van der Waals surface area contributed by atoms with Crippen molar-refractivity contribution < 1.29 is 19.4 Å². The summed E-state index contributed by atoms with van der Waals surface area (Å²) in [5, 5.41) is 12.0. The van der Waals surface area contributed by atoms with Gasteiger partial charge >= 0.3 is 5.97 Å². The Balaban J connectivity index is 2.15. The fourth-order valence-corrected chi connectivity index (χ4v) is 2.39. The van der Waals surface area contributed by atoms with Crippen molar-refractivity contribution in [2.45, 2.75) is 32.1 Å². The predicted molar refractivity (Wildman–Crippen MR) is 90.4 cm³/mol. The molecular weight excluding hydrogens is 306 g/mol. The van der Waals surface area contributed by atoms with E-state index in [-0.39, 0.29) is 6.42 Å². The number of carbonyl (C=O) groups is 2. The second-order valence-electron chi connectivity index (χ2n) is 5.41. The van der Waals surface area contributed by atoms with Gasteiger partial charge in [-0.25, -0.2) is 4.79 Å². The van der Waals surface area contributed by atoms with E-state index in [1.165, 1.54) is 0 Å². The van der Waals surface area contributed by atoms with Gasteiger partial charge < -0.3 is 15.2 Å². The van der Waals surface area contributed by atoms with Gasteiger partial charge in [0.15, 0.2) is 12.3 Å². The van der Waals surface area contributed by atoms with Crippen LogP contribution in [0.5, 0.6) is 0 Å². The van der Waals surface area contributed by atoms with Crippen LogP contribution in [0.4, 0.5) is 0 Å². The van der Waals surface area contributed by atoms with Gasteiger partial charge in [-0.15, -0.1) is 0 Å². The lowest BCUT2D eigenvalue weighted by atomic mass is 10.1. The maximum atomic E-state index is 11.5. The molecule has 0 saturated carbocycles. The number of amides is 1. The lowest BCUT2D eigenvalue weighted by Crippen LogP contribution is -2.33. The van der Waals surface area contributed by atoms with E-state index in [1.807, 2.05) is 61.5 Å². The van der Waals surface area contributed by atoms with Gasteiger partial charge in [-0.3, -0.25) is 4.79 Å². The van der Waals surface area contributed by atoms with Gasteiger partial charge in [0.1, 0.15) is 0 Å². The molecule has 5 nitrogen and oxygen atoms in total. The third kappa shape index (κ3) is 4.93. The third-order valence-electron chi connectivity index (χ3n) is 3.75. The lowest BCUT2D eigenvalue weighted by molar-refractivity contribution is -0.156. The summed E-state index contributed by atoms with van der Waals surface area (Å²) in [6.07, 6.45) is -0.229. The number of carboxylic acid groups (broad SMARTS) is 1. The number of nitrogens with one attached hydrogen (secondary N) is 1. The highest BCUT2D eigenvalue weighted by molar-refractivity contribution is 5.72. The monoisotopic (exact) mass is 327 g/mol. The van der Waals surface area contributed by atoms with E-state index in [0.717, 1.165) is 17.5 Å². The first-order valence-electron chi connectivity index (χ1n) is 7.84. The number of benzene rings is 2. The zero-order chi connectivity index (χ0) is 17.4. The van der Waals surface area contributed by atoms with Crippen LogP contribution in [0.3, 0.4) is 0 Å². The molecule has 24 heavy (non-hydrogen) atoms. The molecule has 2 unspecified atom stereocenters. The van der Waals surface area contributed by atoms with E-state index in [0.29, 0.717) is 12.0 Å². The first kappa shape index (κ1) is 17.7. The van der Waals surface area contributed by atoms with Gasteiger partial charge in [0.2, 0.25) is 6.41 Å². The summed E-state index contributed by atoms with van der Waals surface area (Å²) >= 11 is 0. The predicted octanol–water partition coefficient (Wildman–Crippen LogP) is 2.71. The van der Waals surface area contributed by atoms with Gasteiger partial charge in [-0.05, 0) is 17.5 Å². The summed E-state index contributed by atoms with van der Waals surface area (Å²) < 4.78 is 5.67. The van der Waals surface area contributed by atoms with Crippen molar-refractivity contribution in [3.05, 3.63) is 71.3 Å². The Hall–Kier alpha value is -2.66. The number of carboxylic acids is 1. The minimum absolute atomic E-state index is 0.222. The zero-order valence-electron chi connectivity index (χ0n) is 13.5. The highest BCUT2D eigenvalue weighted by Gasteiger charge is 2.24. The van der Waals surface area contributed by atoms with E-state index in [2.05, 4.69) is 5.32 Å². The van der Waals surface area contributed by atoms with Crippen LogP contribution in [-0.4, -0.2) is 23.6 Å². The largest absolute Gasteiger partial charge is 0.479 e. The van der Waals surface area contributed by atoms with E-state index in [9.17, 15) is 14.7 Å². The molecule has 0 spiro atoms. The normalized spacial score (nSPS) is 13.0. The van der Waals surface area contributed by atoms with Crippen molar-refractivity contribution in [1.29, 1.82) is 0 Å². The zero-order valence-corrected chi connectivity index (χ0v) is 13.5. The SMILES string of the molecule is CCc1ccc(C(NC=O)OC(Cc2ccccc2)C(=O)O)cc1. The molecule has 2 aromatic carbocycles. The van der Waals surface area contributed by atoms with Crippen molar-refractivity contribution in [2.24, 2.45) is 0 Å². The summed E-state index contributed by atoms with van der Waals surface area (Å²) in [6.45, 7) is 2.05. The van der Waals surface area contributed by atoms with E-state index < -0.39 is 18.3 Å². The average molecular weight is 327 g/mol. The molecule has 2 rings (SSSR count). The number of hydrogen-bond donors (Lipinski definition) is 2. The second kappa shape index (κ2) is 8.84. The van der Waals surface area contributed by atoms with Crippen LogP contribution >= 0.6 is 0 Å². The van der Waals surface area contributed by atoms with E-state index >= 15 is 0 Å². The lowest BCUT2D eigenvalue weighted by Gasteiger charge is -2.22. The molecule has 0 aliphatic heterocycles. The number of hydrogen-bond acceptors (Lipinski definition) is 3. The fourth-order valence-electron chi connectivity index (χ4n) is 2.39. The molecular formula is C19H21NO4. The van der Waals surface area contributed by atoms with Gasteiger partial charge in [0, 0.05) is 12.0 Å². The van der Waals surface area contributed by atoms with Crippen molar-refractivity contribution >= 4 is 12.4 Å². The number of ether oxygens (including phenoxy) is 1. The molecule has 1 amide bonds. The molecule has 0 bridgehead atoms. The average Bonchev–Trinajstić information content (AvgIpc) is 2.61. The van der Waals surface area contributed by atoms with E-state index in [1.54, 1.807) is 0 Å². The molecule has 0 heterocycles. The van der Waals surface area contributed by atoms with Crippen LogP contribution in [0.25, 0.3) is 0 Å². The van der Waals surface area contributed by atoms with Crippen LogP contribution in [0, 0.1) is 0 Å². The Morgan fingerprint density at radius 2 is 1.79 bits per heavy atom. The van der Waals surface area contributed by atoms with Gasteiger partial charge in [0.05, 0.1) is 0 Å². The molecule has 0 aliphatic rings. The second-order valence-corrected chi connectivity index (χ2v) is 5.41. The summed E-state index contributed by atoms with van der Waals surface area (Å²) in [5.74, 6) is -1.07. The Morgan fingerprint density at radius 3 is 2.33 bits per heavy atom. The van der Waals surface area contributed by atoms with E-state index in [4.69, 9.17) is 4.74 Å². The van der Waals surface area contributed by atoms with Crippen molar-refractivity contribution in [3.63, 3.8) is 0 Å². The molecule has 0 aliphatic carbocycles. The van der Waals surface area contributed by atoms with Crippen LogP contribution in [-0.2, 0) is 27.2 Å². The molecule has 0 aromatic heterocycles. The summed E-state index contributed by atoms with van der Waals surface area (Å²) in [4.78, 5) is 22.4. The Kier molecular flexibility index (Phi) is 6.51. The molecule has 0 fully saturated rings. The number of aliphatic carboxylic acids is 1. The summed E-state index contributed by atoms with van der Waals surface area (Å²) in [7, 11) is 0. The van der Waals surface area contributed by atoms with Crippen LogP contribution in [0.2, 0.25) is 0 Å². The molecule has 126 valence electrons. The minimum atomic E-state index is -1.07. The van der Waals surface area contributed by atoms with Crippen LogP contribution < -0.4 is 5.32 Å². The number of carbonyl (C=O) groups excluding carboxylic acids is 1. The summed E-state index contributed by atoms with van der Waals surface area (Å²) in [5.41, 5.74) is 2.72. The fraction of sp³-hybridized carbons (Fsp3) is 0.263. The summed E-state index contributed by atoms with van der Waals surface area (Å²) in [6, 6.07) is 16.8. The Morgan fingerprint density at radius 1 is 1.12 bits per heavy atom. The molecule has 0 radical (unpaired) electrons. The van der Waals surface area contributed by atoms with Crippen LogP contribution in [0.15, 0.2) is 54.6 Å². The first-order valence-corrected chi connectivity index (χ1v) is 7.84. The quantitative estimate of drug-likeness (QED) is 0.548. The van der Waals surface area contributed by atoms with Crippen LogP contribution in [0.1, 0.15) is 29.8 Å². The highest BCUT2D eigenvalue weighted by Crippen LogP contribution is 2.19. The maximum absolute atomic E-state index is 11.5. The van der Waals surface area contributed by atoms with Gasteiger partial charge in [-0.2, -0.15) is 0 Å². The molecule has 5 heteroatoms. The smallest absolute Gasteiger partial charge is 0.333 e. The number of rotatable bonds is 9.